The molecule has 0 aliphatic heterocycles. The highest BCUT2D eigenvalue weighted by Gasteiger charge is 2.28. The van der Waals surface area contributed by atoms with Gasteiger partial charge in [-0.3, -0.25) is 9.10 Å². The topological polar surface area (TPSA) is 84.9 Å². The van der Waals surface area contributed by atoms with Crippen LogP contribution in [0.25, 0.3) is 0 Å². The van der Waals surface area contributed by atoms with Crippen molar-refractivity contribution in [2.75, 3.05) is 31.6 Å². The lowest BCUT2D eigenvalue weighted by Crippen LogP contribution is -2.41. The van der Waals surface area contributed by atoms with Crippen LogP contribution in [0.2, 0.25) is 0 Å². The third-order valence-electron chi connectivity index (χ3n) is 5.15. The van der Waals surface area contributed by atoms with Crippen molar-refractivity contribution in [3.63, 3.8) is 0 Å². The van der Waals surface area contributed by atoms with Crippen molar-refractivity contribution in [1.82, 2.24) is 5.32 Å². The largest absolute Gasteiger partial charge is 0.493 e. The number of nitrogens with zero attached hydrogens (tertiary/aromatic N) is 1. The summed E-state index contributed by atoms with van der Waals surface area (Å²) in [5, 5.41) is 2.76. The van der Waals surface area contributed by atoms with Crippen LogP contribution in [0.15, 0.2) is 77.7 Å². The number of anilines is 1. The summed E-state index contributed by atoms with van der Waals surface area (Å²) in [4.78, 5) is 12.8. The molecule has 1 N–H and O–H groups in total. The van der Waals surface area contributed by atoms with Gasteiger partial charge in [-0.05, 0) is 54.8 Å². The molecule has 0 unspecified atom stereocenters. The molecule has 0 aliphatic carbocycles. The summed E-state index contributed by atoms with van der Waals surface area (Å²) < 4.78 is 51.4. The number of rotatable bonds is 11. The highest BCUT2D eigenvalue weighted by Crippen LogP contribution is 2.33. The van der Waals surface area contributed by atoms with Gasteiger partial charge in [0.25, 0.3) is 10.0 Å². The molecule has 7 nitrogen and oxygen atoms in total. The van der Waals surface area contributed by atoms with Crippen molar-refractivity contribution in [1.29, 1.82) is 0 Å². The van der Waals surface area contributed by atoms with Gasteiger partial charge in [0.1, 0.15) is 12.4 Å². The first-order valence-corrected chi connectivity index (χ1v) is 12.1. The Labute approximate surface area is 199 Å². The number of hydrogen-bond acceptors (Lipinski definition) is 5. The zero-order valence-corrected chi connectivity index (χ0v) is 19.8. The molecule has 0 bridgehead atoms. The van der Waals surface area contributed by atoms with Crippen molar-refractivity contribution in [2.45, 2.75) is 17.7 Å². The molecular formula is C25H27FN2O5S. The van der Waals surface area contributed by atoms with Gasteiger partial charge in [-0.1, -0.05) is 30.3 Å². The van der Waals surface area contributed by atoms with Crippen LogP contribution in [0.1, 0.15) is 12.0 Å². The third kappa shape index (κ3) is 6.26. The number of carbonyl (C=O) groups is 1. The quantitative estimate of drug-likeness (QED) is 0.417. The standard InChI is InChI=1S/C25H27FN2O5S/c1-32-23-15-14-21(17-24(23)33-2)28(34(30,31)22-8-4-3-5-9-22)18-25(29)27-16-6-7-19-10-12-20(26)13-11-19/h3-5,8-15,17H,6-7,16,18H2,1-2H3,(H,27,29). The number of sulfonamides is 1. The average molecular weight is 487 g/mol. The summed E-state index contributed by atoms with van der Waals surface area (Å²) in [7, 11) is -1.10. The van der Waals surface area contributed by atoms with Crippen molar-refractivity contribution >= 4 is 21.6 Å². The summed E-state index contributed by atoms with van der Waals surface area (Å²) in [6, 6.07) is 18.7. The molecule has 0 spiro atoms. The Kier molecular flexibility index (Phi) is 8.48. The van der Waals surface area contributed by atoms with Crippen molar-refractivity contribution in [2.24, 2.45) is 0 Å². The van der Waals surface area contributed by atoms with E-state index < -0.39 is 22.5 Å². The molecule has 0 atom stereocenters. The molecule has 3 aromatic rings. The van der Waals surface area contributed by atoms with E-state index >= 15 is 0 Å². The Bertz CT molecular complexity index is 1200. The Balaban J connectivity index is 1.76. The van der Waals surface area contributed by atoms with E-state index in [1.165, 1.54) is 44.6 Å². The molecule has 0 fully saturated rings. The van der Waals surface area contributed by atoms with Gasteiger partial charge in [-0.15, -0.1) is 0 Å². The maximum Gasteiger partial charge on any atom is 0.264 e. The Hall–Kier alpha value is -3.59. The second-order valence-corrected chi connectivity index (χ2v) is 9.31. The molecule has 0 heterocycles. The molecule has 180 valence electrons. The van der Waals surface area contributed by atoms with Gasteiger partial charge in [0.2, 0.25) is 5.91 Å². The number of nitrogens with one attached hydrogen (secondary N) is 1. The smallest absolute Gasteiger partial charge is 0.264 e. The molecule has 3 rings (SSSR count). The molecule has 0 aliphatic rings. The van der Waals surface area contributed by atoms with E-state index in [1.54, 1.807) is 42.5 Å². The molecular weight excluding hydrogens is 459 g/mol. The molecule has 0 aromatic heterocycles. The van der Waals surface area contributed by atoms with E-state index in [9.17, 15) is 17.6 Å². The minimum atomic E-state index is -4.03. The minimum absolute atomic E-state index is 0.0638. The highest BCUT2D eigenvalue weighted by atomic mass is 32.2. The lowest BCUT2D eigenvalue weighted by molar-refractivity contribution is -0.119. The van der Waals surface area contributed by atoms with Gasteiger partial charge in [0.05, 0.1) is 24.8 Å². The normalized spacial score (nSPS) is 11.0. The minimum Gasteiger partial charge on any atom is -0.493 e. The first-order valence-electron chi connectivity index (χ1n) is 10.7. The third-order valence-corrected chi connectivity index (χ3v) is 6.94. The molecule has 3 aromatic carbocycles. The van der Waals surface area contributed by atoms with Gasteiger partial charge in [0, 0.05) is 12.6 Å². The van der Waals surface area contributed by atoms with Crippen LogP contribution < -0.4 is 19.1 Å². The first-order chi connectivity index (χ1) is 16.3. The van der Waals surface area contributed by atoms with Crippen LogP contribution in [0.4, 0.5) is 10.1 Å². The number of aryl methyl sites for hydroxylation is 1. The van der Waals surface area contributed by atoms with Crippen LogP contribution in [-0.4, -0.2) is 41.6 Å². The lowest BCUT2D eigenvalue weighted by Gasteiger charge is -2.25. The summed E-state index contributed by atoms with van der Waals surface area (Å²) in [6.07, 6.45) is 1.28. The van der Waals surface area contributed by atoms with Gasteiger partial charge >= 0.3 is 0 Å². The number of hydrogen-bond donors (Lipinski definition) is 1. The van der Waals surface area contributed by atoms with Crippen LogP contribution >= 0.6 is 0 Å². The van der Waals surface area contributed by atoms with Crippen LogP contribution in [0.3, 0.4) is 0 Å². The zero-order chi connectivity index (χ0) is 24.6. The number of methoxy groups -OCH3 is 2. The molecule has 0 saturated heterocycles. The second-order valence-electron chi connectivity index (χ2n) is 7.44. The maximum atomic E-state index is 13.4. The van der Waals surface area contributed by atoms with E-state index in [0.29, 0.717) is 30.9 Å². The predicted octanol–water partition coefficient (Wildman–Crippen LogP) is 3.79. The summed E-state index contributed by atoms with van der Waals surface area (Å²) >= 11 is 0. The fraction of sp³-hybridized carbons (Fsp3) is 0.240. The van der Waals surface area contributed by atoms with Gasteiger partial charge in [0.15, 0.2) is 11.5 Å². The monoisotopic (exact) mass is 486 g/mol. The Morgan fingerprint density at radius 2 is 1.62 bits per heavy atom. The summed E-state index contributed by atoms with van der Waals surface area (Å²) in [5.41, 5.74) is 1.22. The van der Waals surface area contributed by atoms with Crippen molar-refractivity contribution in [3.8, 4) is 11.5 Å². The van der Waals surface area contributed by atoms with E-state index in [0.717, 1.165) is 9.87 Å². The number of ether oxygens (including phenoxy) is 2. The Morgan fingerprint density at radius 1 is 0.941 bits per heavy atom. The average Bonchev–Trinajstić information content (AvgIpc) is 2.86. The van der Waals surface area contributed by atoms with E-state index in [4.69, 9.17) is 9.47 Å². The summed E-state index contributed by atoms with van der Waals surface area (Å²) in [6.45, 7) is -0.0649. The Morgan fingerprint density at radius 3 is 2.26 bits per heavy atom. The van der Waals surface area contributed by atoms with Gasteiger partial charge < -0.3 is 14.8 Å². The fourth-order valence-electron chi connectivity index (χ4n) is 3.37. The summed E-state index contributed by atoms with van der Waals surface area (Å²) in [5.74, 6) is 0.0295. The molecule has 0 radical (unpaired) electrons. The van der Waals surface area contributed by atoms with Crippen LogP contribution in [0, 0.1) is 5.82 Å². The van der Waals surface area contributed by atoms with E-state index in [2.05, 4.69) is 5.32 Å². The van der Waals surface area contributed by atoms with Crippen LogP contribution in [0.5, 0.6) is 11.5 Å². The van der Waals surface area contributed by atoms with Crippen LogP contribution in [-0.2, 0) is 21.2 Å². The van der Waals surface area contributed by atoms with E-state index in [-0.39, 0.29) is 16.4 Å². The molecule has 34 heavy (non-hydrogen) atoms. The highest BCUT2D eigenvalue weighted by molar-refractivity contribution is 7.92. The lowest BCUT2D eigenvalue weighted by atomic mass is 10.1. The number of amides is 1. The second kappa shape index (κ2) is 11.5. The molecule has 9 heteroatoms. The molecule has 1 amide bonds. The SMILES string of the molecule is COc1ccc(N(CC(=O)NCCCc2ccc(F)cc2)S(=O)(=O)c2ccccc2)cc1OC. The number of halogens is 1. The maximum absolute atomic E-state index is 13.4. The number of carbonyl (C=O) groups excluding carboxylic acids is 1. The van der Waals surface area contributed by atoms with Crippen molar-refractivity contribution in [3.05, 3.63) is 84.2 Å². The molecule has 0 saturated carbocycles. The zero-order valence-electron chi connectivity index (χ0n) is 19.0. The number of benzene rings is 3. The van der Waals surface area contributed by atoms with E-state index in [1.807, 2.05) is 0 Å². The van der Waals surface area contributed by atoms with Gasteiger partial charge in [-0.25, -0.2) is 12.8 Å². The first kappa shape index (κ1) is 25.0. The fourth-order valence-corrected chi connectivity index (χ4v) is 4.81. The van der Waals surface area contributed by atoms with Gasteiger partial charge in [-0.2, -0.15) is 0 Å². The predicted molar refractivity (Wildman–Crippen MR) is 128 cm³/mol. The van der Waals surface area contributed by atoms with Crippen molar-refractivity contribution < 1.29 is 27.1 Å².